The molecule has 2 aromatic rings. The van der Waals surface area contributed by atoms with Gasteiger partial charge < -0.3 is 16.4 Å². The van der Waals surface area contributed by atoms with Crippen molar-refractivity contribution < 1.29 is 13.2 Å². The number of anilines is 4. The lowest BCUT2D eigenvalue weighted by atomic mass is 10.2. The minimum Gasteiger partial charge on any atom is -0.396 e. The van der Waals surface area contributed by atoms with E-state index in [1.807, 2.05) is 0 Å². The maximum atomic E-state index is 12.5. The third-order valence-electron chi connectivity index (χ3n) is 2.53. The molecule has 0 amide bonds. The summed E-state index contributed by atoms with van der Waals surface area (Å²) in [7, 11) is 1.73. The summed E-state index contributed by atoms with van der Waals surface area (Å²) in [6.07, 6.45) is -2.21. The number of hydrogen-bond acceptors (Lipinski definition) is 5. The van der Waals surface area contributed by atoms with Crippen LogP contribution in [0.15, 0.2) is 30.6 Å². The van der Waals surface area contributed by atoms with Crippen molar-refractivity contribution in [2.45, 2.75) is 6.18 Å². The Kier molecular flexibility index (Phi) is 3.64. The zero-order valence-corrected chi connectivity index (χ0v) is 10.5. The first-order valence-corrected chi connectivity index (χ1v) is 5.63. The Hall–Kier alpha value is -2.51. The largest absolute Gasteiger partial charge is 0.417 e. The van der Waals surface area contributed by atoms with Crippen LogP contribution >= 0.6 is 0 Å². The van der Waals surface area contributed by atoms with Gasteiger partial charge in [0, 0.05) is 13.2 Å². The Labute approximate surface area is 113 Å². The quantitative estimate of drug-likeness (QED) is 0.807. The van der Waals surface area contributed by atoms with E-state index < -0.39 is 11.7 Å². The molecule has 8 heteroatoms. The van der Waals surface area contributed by atoms with Crippen molar-refractivity contribution in [1.82, 2.24) is 9.97 Å². The number of halogens is 3. The molecule has 4 N–H and O–H groups in total. The van der Waals surface area contributed by atoms with Crippen LogP contribution in [0.5, 0.6) is 0 Å². The zero-order valence-electron chi connectivity index (χ0n) is 10.5. The zero-order chi connectivity index (χ0) is 14.8. The van der Waals surface area contributed by atoms with Crippen molar-refractivity contribution >= 4 is 23.0 Å². The third kappa shape index (κ3) is 3.08. The molecule has 0 spiro atoms. The molecule has 2 aromatic heterocycles. The minimum absolute atomic E-state index is 0.0856. The number of hydrogen-bond donors (Lipinski definition) is 3. The first-order valence-electron chi connectivity index (χ1n) is 5.63. The van der Waals surface area contributed by atoms with E-state index in [0.717, 1.165) is 12.3 Å². The highest BCUT2D eigenvalue weighted by Gasteiger charge is 2.31. The van der Waals surface area contributed by atoms with Gasteiger partial charge in [-0.05, 0) is 18.2 Å². The fourth-order valence-electron chi connectivity index (χ4n) is 1.49. The molecule has 5 nitrogen and oxygen atoms in total. The van der Waals surface area contributed by atoms with Gasteiger partial charge in [-0.2, -0.15) is 13.2 Å². The van der Waals surface area contributed by atoms with Gasteiger partial charge in [-0.25, -0.2) is 9.97 Å². The summed E-state index contributed by atoms with van der Waals surface area (Å²) in [6, 6.07) is 4.25. The number of nitrogens with zero attached hydrogens (tertiary/aromatic N) is 2. The highest BCUT2D eigenvalue weighted by Crippen LogP contribution is 2.32. The lowest BCUT2D eigenvalue weighted by Crippen LogP contribution is -2.08. The number of pyridine rings is 2. The molecule has 0 unspecified atom stereocenters. The Bertz CT molecular complexity index is 595. The number of nitrogens with two attached hydrogens (primary N) is 1. The molecule has 20 heavy (non-hydrogen) atoms. The number of alkyl halides is 3. The van der Waals surface area contributed by atoms with Gasteiger partial charge in [0.05, 0.1) is 23.1 Å². The van der Waals surface area contributed by atoms with Gasteiger partial charge >= 0.3 is 6.18 Å². The molecule has 106 valence electrons. The number of aromatic nitrogens is 2. The van der Waals surface area contributed by atoms with Crippen LogP contribution < -0.4 is 16.4 Å². The van der Waals surface area contributed by atoms with Crippen LogP contribution in [0, 0.1) is 0 Å². The van der Waals surface area contributed by atoms with Crippen LogP contribution in [0.25, 0.3) is 0 Å². The first kappa shape index (κ1) is 13.9. The lowest BCUT2D eigenvalue weighted by Gasteiger charge is -2.11. The van der Waals surface area contributed by atoms with Crippen LogP contribution in [0.3, 0.4) is 0 Å². The van der Waals surface area contributed by atoms with Gasteiger partial charge in [-0.15, -0.1) is 0 Å². The second-order valence-electron chi connectivity index (χ2n) is 3.97. The van der Waals surface area contributed by atoms with Gasteiger partial charge in [-0.3, -0.25) is 0 Å². The van der Waals surface area contributed by atoms with Crippen LogP contribution in [-0.2, 0) is 6.18 Å². The molecule has 0 bridgehead atoms. The molecule has 0 fully saturated rings. The highest BCUT2D eigenvalue weighted by molar-refractivity contribution is 5.69. The fourth-order valence-corrected chi connectivity index (χ4v) is 1.49. The van der Waals surface area contributed by atoms with E-state index in [0.29, 0.717) is 11.5 Å². The van der Waals surface area contributed by atoms with Crippen LogP contribution in [0.1, 0.15) is 5.56 Å². The highest BCUT2D eigenvalue weighted by atomic mass is 19.4. The average Bonchev–Trinajstić information content (AvgIpc) is 2.41. The van der Waals surface area contributed by atoms with Crippen molar-refractivity contribution in [3.05, 3.63) is 36.2 Å². The smallest absolute Gasteiger partial charge is 0.396 e. The van der Waals surface area contributed by atoms with Crippen LogP contribution in [-0.4, -0.2) is 17.0 Å². The Morgan fingerprint density at radius 3 is 2.40 bits per heavy atom. The minimum atomic E-state index is -4.46. The molecule has 0 saturated heterocycles. The summed E-state index contributed by atoms with van der Waals surface area (Å²) >= 11 is 0. The van der Waals surface area contributed by atoms with Gasteiger partial charge in [0.15, 0.2) is 5.82 Å². The Morgan fingerprint density at radius 1 is 1.15 bits per heavy atom. The van der Waals surface area contributed by atoms with E-state index in [1.54, 1.807) is 19.2 Å². The molecule has 2 heterocycles. The molecule has 2 rings (SSSR count). The molecular weight excluding hydrogens is 271 g/mol. The van der Waals surface area contributed by atoms with E-state index in [1.165, 1.54) is 6.20 Å². The SMILES string of the molecule is CNc1ccc(Nc2ncc(C(F)(F)F)cc2N)cn1. The van der Waals surface area contributed by atoms with E-state index in [4.69, 9.17) is 5.73 Å². The third-order valence-corrected chi connectivity index (χ3v) is 2.53. The predicted molar refractivity (Wildman–Crippen MR) is 70.7 cm³/mol. The predicted octanol–water partition coefficient (Wildman–Crippen LogP) is 2.86. The van der Waals surface area contributed by atoms with Gasteiger partial charge in [-0.1, -0.05) is 0 Å². The molecule has 0 aliphatic rings. The number of nitrogen functional groups attached to an aromatic ring is 1. The fraction of sp³-hybridized carbons (Fsp3) is 0.167. The van der Waals surface area contributed by atoms with E-state index in [9.17, 15) is 13.2 Å². The summed E-state index contributed by atoms with van der Waals surface area (Å²) in [5, 5.41) is 5.66. The molecular formula is C12H12F3N5. The van der Waals surface area contributed by atoms with Gasteiger partial charge in [0.2, 0.25) is 0 Å². The van der Waals surface area contributed by atoms with Crippen LogP contribution in [0.4, 0.5) is 36.2 Å². The summed E-state index contributed by atoms with van der Waals surface area (Å²) in [4.78, 5) is 7.74. The molecule has 0 aromatic carbocycles. The van der Waals surface area contributed by atoms with Crippen molar-refractivity contribution in [1.29, 1.82) is 0 Å². The van der Waals surface area contributed by atoms with E-state index in [-0.39, 0.29) is 11.5 Å². The van der Waals surface area contributed by atoms with E-state index >= 15 is 0 Å². The average molecular weight is 283 g/mol. The second-order valence-corrected chi connectivity index (χ2v) is 3.97. The first-order chi connectivity index (χ1) is 9.40. The number of rotatable bonds is 3. The molecule has 0 atom stereocenters. The molecule has 0 aliphatic carbocycles. The lowest BCUT2D eigenvalue weighted by molar-refractivity contribution is -0.137. The van der Waals surface area contributed by atoms with Crippen molar-refractivity contribution in [2.24, 2.45) is 0 Å². The molecule has 0 aliphatic heterocycles. The Balaban J connectivity index is 2.21. The van der Waals surface area contributed by atoms with E-state index in [2.05, 4.69) is 20.6 Å². The van der Waals surface area contributed by atoms with Crippen LogP contribution in [0.2, 0.25) is 0 Å². The topological polar surface area (TPSA) is 75.9 Å². The van der Waals surface area contributed by atoms with Crippen molar-refractivity contribution in [2.75, 3.05) is 23.4 Å². The monoisotopic (exact) mass is 283 g/mol. The Morgan fingerprint density at radius 2 is 1.90 bits per heavy atom. The summed E-state index contributed by atoms with van der Waals surface area (Å²) in [5.41, 5.74) is 5.17. The van der Waals surface area contributed by atoms with Crippen molar-refractivity contribution in [3.63, 3.8) is 0 Å². The van der Waals surface area contributed by atoms with Gasteiger partial charge in [0.25, 0.3) is 0 Å². The number of nitrogens with one attached hydrogen (secondary N) is 2. The van der Waals surface area contributed by atoms with Gasteiger partial charge in [0.1, 0.15) is 5.82 Å². The maximum absolute atomic E-state index is 12.5. The standard InChI is InChI=1S/C12H12F3N5/c1-17-10-3-2-8(6-18-10)20-11-9(16)4-7(5-19-11)12(13,14)15/h2-6H,16H2,1H3,(H,17,18)(H,19,20). The molecule has 0 radical (unpaired) electrons. The normalized spacial score (nSPS) is 11.2. The second kappa shape index (κ2) is 5.24. The van der Waals surface area contributed by atoms with Crippen molar-refractivity contribution in [3.8, 4) is 0 Å². The summed E-state index contributed by atoms with van der Waals surface area (Å²) in [6.45, 7) is 0. The summed E-state index contributed by atoms with van der Waals surface area (Å²) in [5.74, 6) is 0.820. The maximum Gasteiger partial charge on any atom is 0.417 e. The molecule has 0 saturated carbocycles. The summed E-state index contributed by atoms with van der Waals surface area (Å²) < 4.78 is 37.4.